The number of hydrogen-bond donors (Lipinski definition) is 2. The molecule has 0 bridgehead atoms. The van der Waals surface area contributed by atoms with Crippen LogP contribution < -0.4 is 15.8 Å². The Balaban J connectivity index is 1.45. The fourth-order valence-corrected chi connectivity index (χ4v) is 4.06. The normalized spacial score (nSPS) is 14.8. The van der Waals surface area contributed by atoms with E-state index >= 15 is 0 Å². The number of rotatable bonds is 6. The molecule has 0 radical (unpaired) electrons. The number of nitrogens with zero attached hydrogens (tertiary/aromatic N) is 4. The molecule has 4 rings (SSSR count). The Morgan fingerprint density at radius 1 is 1.15 bits per heavy atom. The zero-order valence-electron chi connectivity index (χ0n) is 18.6. The van der Waals surface area contributed by atoms with Gasteiger partial charge >= 0.3 is 0 Å². The van der Waals surface area contributed by atoms with Crippen molar-refractivity contribution in [3.8, 4) is 0 Å². The molecule has 0 spiro atoms. The van der Waals surface area contributed by atoms with Gasteiger partial charge in [0.25, 0.3) is 17.9 Å². The monoisotopic (exact) mass is 456 g/mol. The van der Waals surface area contributed by atoms with Crippen LogP contribution in [0.15, 0.2) is 35.1 Å². The summed E-state index contributed by atoms with van der Waals surface area (Å²) in [7, 11) is 1.44. The predicted molar refractivity (Wildman–Crippen MR) is 122 cm³/mol. The van der Waals surface area contributed by atoms with Gasteiger partial charge in [-0.15, -0.1) is 0 Å². The zero-order valence-corrected chi connectivity index (χ0v) is 18.6. The SMILES string of the molecule is CCc1nc2ccc(CN3CCN(c4ccc(C(=O)NC)nc4C(F)F)CC3)cc2[nH]c1=O. The van der Waals surface area contributed by atoms with Crippen LogP contribution in [-0.2, 0) is 13.0 Å². The number of aromatic amines is 1. The van der Waals surface area contributed by atoms with Gasteiger partial charge in [-0.2, -0.15) is 0 Å². The molecule has 0 atom stereocenters. The fraction of sp³-hybridized carbons (Fsp3) is 0.391. The average Bonchev–Trinajstić information content (AvgIpc) is 2.83. The van der Waals surface area contributed by atoms with Crippen LogP contribution >= 0.6 is 0 Å². The lowest BCUT2D eigenvalue weighted by molar-refractivity contribution is 0.0956. The second kappa shape index (κ2) is 9.62. The molecule has 1 aliphatic heterocycles. The van der Waals surface area contributed by atoms with Crippen molar-refractivity contribution in [2.24, 2.45) is 0 Å². The number of anilines is 1. The van der Waals surface area contributed by atoms with E-state index in [2.05, 4.69) is 25.2 Å². The van der Waals surface area contributed by atoms with Gasteiger partial charge in [-0.1, -0.05) is 13.0 Å². The largest absolute Gasteiger partial charge is 0.367 e. The van der Waals surface area contributed by atoms with Gasteiger partial charge in [-0.05, 0) is 36.2 Å². The second-order valence-electron chi connectivity index (χ2n) is 7.96. The Labute approximate surface area is 189 Å². The number of fused-ring (bicyclic) bond motifs is 1. The minimum atomic E-state index is -2.77. The van der Waals surface area contributed by atoms with Gasteiger partial charge in [0.2, 0.25) is 0 Å². The molecule has 1 aliphatic rings. The molecule has 2 N–H and O–H groups in total. The lowest BCUT2D eigenvalue weighted by atomic mass is 10.1. The van der Waals surface area contributed by atoms with Gasteiger partial charge in [-0.25, -0.2) is 18.7 Å². The van der Waals surface area contributed by atoms with Crippen molar-refractivity contribution in [1.29, 1.82) is 0 Å². The first-order valence-electron chi connectivity index (χ1n) is 10.9. The van der Waals surface area contributed by atoms with Crippen molar-refractivity contribution in [1.82, 2.24) is 25.2 Å². The van der Waals surface area contributed by atoms with Crippen LogP contribution in [0.3, 0.4) is 0 Å². The van der Waals surface area contributed by atoms with Crippen molar-refractivity contribution in [2.45, 2.75) is 26.3 Å². The van der Waals surface area contributed by atoms with E-state index in [1.807, 2.05) is 30.0 Å². The third-order valence-electron chi connectivity index (χ3n) is 5.85. The summed E-state index contributed by atoms with van der Waals surface area (Å²) in [4.78, 5) is 39.2. The van der Waals surface area contributed by atoms with Crippen LogP contribution in [0.1, 0.15) is 40.8 Å². The number of H-pyrrole nitrogens is 1. The summed E-state index contributed by atoms with van der Waals surface area (Å²) in [6, 6.07) is 8.86. The molecule has 1 aromatic carbocycles. The van der Waals surface area contributed by atoms with Crippen molar-refractivity contribution in [3.63, 3.8) is 0 Å². The Hall–Kier alpha value is -3.40. The number of aryl methyl sites for hydroxylation is 1. The van der Waals surface area contributed by atoms with E-state index in [9.17, 15) is 18.4 Å². The Morgan fingerprint density at radius 2 is 1.91 bits per heavy atom. The summed E-state index contributed by atoms with van der Waals surface area (Å²) in [5, 5.41) is 2.41. The first kappa shape index (κ1) is 22.8. The van der Waals surface area contributed by atoms with Gasteiger partial charge in [0.15, 0.2) is 0 Å². The number of amides is 1. The molecule has 1 amide bonds. The van der Waals surface area contributed by atoms with Crippen LogP contribution in [0.25, 0.3) is 11.0 Å². The molecule has 2 aromatic heterocycles. The van der Waals surface area contributed by atoms with Crippen LogP contribution in [0.4, 0.5) is 14.5 Å². The van der Waals surface area contributed by atoms with Gasteiger partial charge in [0.1, 0.15) is 17.1 Å². The Morgan fingerprint density at radius 3 is 2.58 bits per heavy atom. The van der Waals surface area contributed by atoms with Gasteiger partial charge in [0, 0.05) is 39.8 Å². The van der Waals surface area contributed by atoms with E-state index in [-0.39, 0.29) is 16.9 Å². The highest BCUT2D eigenvalue weighted by atomic mass is 19.3. The Bertz CT molecular complexity index is 1220. The molecule has 174 valence electrons. The van der Waals surface area contributed by atoms with Crippen LogP contribution in [-0.4, -0.2) is 59.0 Å². The number of pyridine rings is 1. The predicted octanol–water partition coefficient (Wildman–Crippen LogP) is 2.50. The number of halogens is 2. The average molecular weight is 456 g/mol. The minimum absolute atomic E-state index is 0.0231. The molecule has 0 unspecified atom stereocenters. The van der Waals surface area contributed by atoms with Crippen molar-refractivity contribution >= 4 is 22.6 Å². The summed E-state index contributed by atoms with van der Waals surface area (Å²) < 4.78 is 27.3. The van der Waals surface area contributed by atoms with Crippen LogP contribution in [0.5, 0.6) is 0 Å². The highest BCUT2D eigenvalue weighted by molar-refractivity contribution is 5.92. The minimum Gasteiger partial charge on any atom is -0.367 e. The number of hydrogen-bond acceptors (Lipinski definition) is 6. The first-order valence-corrected chi connectivity index (χ1v) is 10.9. The highest BCUT2D eigenvalue weighted by Gasteiger charge is 2.25. The Kier molecular flexibility index (Phi) is 6.64. The number of alkyl halides is 2. The maximum absolute atomic E-state index is 13.6. The molecular weight excluding hydrogens is 430 g/mol. The number of nitrogens with one attached hydrogen (secondary N) is 2. The van der Waals surface area contributed by atoms with E-state index in [4.69, 9.17) is 0 Å². The summed E-state index contributed by atoms with van der Waals surface area (Å²) in [5.41, 5.74) is 2.83. The van der Waals surface area contributed by atoms with Gasteiger partial charge in [0.05, 0.1) is 16.7 Å². The standard InChI is InChI=1S/C23H26F2N6O2/c1-3-15-23(33)29-18-12-14(4-5-16(18)27-15)13-30-8-10-31(11-9-30)19-7-6-17(22(32)26-2)28-20(19)21(24)25/h4-7,12,21H,3,8-11,13H2,1-2H3,(H,26,32)(H,29,33). The lowest BCUT2D eigenvalue weighted by Crippen LogP contribution is -2.46. The van der Waals surface area contributed by atoms with Gasteiger partial charge < -0.3 is 15.2 Å². The maximum Gasteiger partial charge on any atom is 0.282 e. The van der Waals surface area contributed by atoms with E-state index in [1.54, 1.807) is 6.07 Å². The van der Waals surface area contributed by atoms with E-state index in [0.717, 1.165) is 11.1 Å². The molecule has 10 heteroatoms. The third kappa shape index (κ3) is 4.85. The molecule has 3 heterocycles. The molecular formula is C23H26F2N6O2. The second-order valence-corrected chi connectivity index (χ2v) is 7.96. The fourth-order valence-electron chi connectivity index (χ4n) is 4.06. The number of benzene rings is 1. The molecule has 3 aromatic rings. The number of aromatic nitrogens is 3. The van der Waals surface area contributed by atoms with Crippen molar-refractivity contribution < 1.29 is 13.6 Å². The molecule has 0 aliphatic carbocycles. The first-order chi connectivity index (χ1) is 15.9. The smallest absolute Gasteiger partial charge is 0.282 e. The molecule has 8 nitrogen and oxygen atoms in total. The third-order valence-corrected chi connectivity index (χ3v) is 5.85. The molecule has 0 saturated carbocycles. The lowest BCUT2D eigenvalue weighted by Gasteiger charge is -2.36. The molecule has 1 fully saturated rings. The molecule has 33 heavy (non-hydrogen) atoms. The van der Waals surface area contributed by atoms with Crippen LogP contribution in [0, 0.1) is 0 Å². The number of carbonyl (C=O) groups is 1. The van der Waals surface area contributed by atoms with Gasteiger partial charge in [-0.3, -0.25) is 14.5 Å². The summed E-state index contributed by atoms with van der Waals surface area (Å²) in [6.45, 7) is 5.06. The molecule has 1 saturated heterocycles. The highest BCUT2D eigenvalue weighted by Crippen LogP contribution is 2.29. The quantitative estimate of drug-likeness (QED) is 0.592. The summed E-state index contributed by atoms with van der Waals surface area (Å²) >= 11 is 0. The van der Waals surface area contributed by atoms with E-state index in [0.29, 0.717) is 56.0 Å². The van der Waals surface area contributed by atoms with Crippen molar-refractivity contribution in [2.75, 3.05) is 38.1 Å². The summed E-state index contributed by atoms with van der Waals surface area (Å²) in [5.74, 6) is -0.494. The zero-order chi connectivity index (χ0) is 23.5. The van der Waals surface area contributed by atoms with E-state index < -0.39 is 12.3 Å². The topological polar surface area (TPSA) is 94.2 Å². The number of piperazine rings is 1. The van der Waals surface area contributed by atoms with Crippen LogP contribution in [0.2, 0.25) is 0 Å². The number of carbonyl (C=O) groups excluding carboxylic acids is 1. The summed E-state index contributed by atoms with van der Waals surface area (Å²) in [6.07, 6.45) is -2.20. The maximum atomic E-state index is 13.6. The van der Waals surface area contributed by atoms with E-state index in [1.165, 1.54) is 13.1 Å². The van der Waals surface area contributed by atoms with Crippen molar-refractivity contribution in [3.05, 3.63) is 63.3 Å².